The first-order chi connectivity index (χ1) is 9.61. The van der Waals surface area contributed by atoms with Crippen molar-refractivity contribution in [2.24, 2.45) is 0 Å². The average Bonchev–Trinajstić information content (AvgIpc) is 2.46. The maximum Gasteiger partial charge on any atom is 0.0575 e. The third-order valence-electron chi connectivity index (χ3n) is 4.32. The zero-order valence-electron chi connectivity index (χ0n) is 12.8. The topological polar surface area (TPSA) is 21.3 Å². The number of rotatable bonds is 5. The Labute approximate surface area is 127 Å². The smallest absolute Gasteiger partial charge is 0.0575 e. The van der Waals surface area contributed by atoms with Gasteiger partial charge >= 0.3 is 0 Å². The van der Waals surface area contributed by atoms with Gasteiger partial charge in [0.1, 0.15) is 0 Å². The minimum atomic E-state index is 0.386. The van der Waals surface area contributed by atoms with E-state index >= 15 is 0 Å². The van der Waals surface area contributed by atoms with Gasteiger partial charge in [-0.25, -0.2) is 0 Å². The van der Waals surface area contributed by atoms with Crippen LogP contribution in [0.3, 0.4) is 0 Å². The van der Waals surface area contributed by atoms with Crippen molar-refractivity contribution in [3.05, 3.63) is 33.8 Å². The fourth-order valence-electron chi connectivity index (χ4n) is 3.02. The van der Waals surface area contributed by atoms with Gasteiger partial charge in [0.25, 0.3) is 0 Å². The third kappa shape index (κ3) is 3.97. The molecule has 2 nitrogen and oxygen atoms in total. The van der Waals surface area contributed by atoms with Crippen LogP contribution in [0.4, 0.5) is 0 Å². The predicted molar refractivity (Wildman–Crippen MR) is 85.6 cm³/mol. The van der Waals surface area contributed by atoms with Crippen molar-refractivity contribution in [1.29, 1.82) is 0 Å². The largest absolute Gasteiger partial charge is 0.378 e. The number of nitrogens with one attached hydrogen (secondary N) is 1. The highest BCUT2D eigenvalue weighted by molar-refractivity contribution is 6.31. The standard InChI is InChI=1S/C17H26ClNO/c1-12-11-16(18)13(2)10-15(12)17(19-3)8-7-14-6-4-5-9-20-14/h10-11,14,17,19H,4-9H2,1-3H3. The van der Waals surface area contributed by atoms with Crippen LogP contribution < -0.4 is 5.32 Å². The second-order valence-corrected chi connectivity index (χ2v) is 6.27. The van der Waals surface area contributed by atoms with E-state index in [4.69, 9.17) is 16.3 Å². The first kappa shape index (κ1) is 15.8. The van der Waals surface area contributed by atoms with E-state index in [-0.39, 0.29) is 0 Å². The van der Waals surface area contributed by atoms with E-state index in [0.717, 1.165) is 30.0 Å². The summed E-state index contributed by atoms with van der Waals surface area (Å²) in [6.07, 6.45) is 6.45. The van der Waals surface area contributed by atoms with Gasteiger partial charge in [-0.1, -0.05) is 17.7 Å². The van der Waals surface area contributed by atoms with Crippen molar-refractivity contribution in [3.8, 4) is 0 Å². The number of aryl methyl sites for hydroxylation is 2. The molecule has 2 atom stereocenters. The van der Waals surface area contributed by atoms with Crippen LogP contribution in [0.2, 0.25) is 5.02 Å². The van der Waals surface area contributed by atoms with Crippen molar-refractivity contribution in [3.63, 3.8) is 0 Å². The van der Waals surface area contributed by atoms with Gasteiger partial charge in [-0.05, 0) is 75.8 Å². The van der Waals surface area contributed by atoms with E-state index in [1.54, 1.807) is 0 Å². The Hall–Kier alpha value is -0.570. The number of hydrogen-bond donors (Lipinski definition) is 1. The van der Waals surface area contributed by atoms with Gasteiger partial charge in [0.05, 0.1) is 6.10 Å². The zero-order chi connectivity index (χ0) is 14.5. The summed E-state index contributed by atoms with van der Waals surface area (Å²) in [5, 5.41) is 4.30. The monoisotopic (exact) mass is 295 g/mol. The Morgan fingerprint density at radius 1 is 1.30 bits per heavy atom. The summed E-state index contributed by atoms with van der Waals surface area (Å²) in [6.45, 7) is 5.15. The van der Waals surface area contributed by atoms with Crippen LogP contribution in [0.15, 0.2) is 12.1 Å². The van der Waals surface area contributed by atoms with E-state index in [9.17, 15) is 0 Å². The quantitative estimate of drug-likeness (QED) is 0.859. The first-order valence-corrected chi connectivity index (χ1v) is 8.05. The van der Waals surface area contributed by atoms with E-state index in [1.165, 1.54) is 30.4 Å². The predicted octanol–water partition coefficient (Wildman–Crippen LogP) is 4.57. The highest BCUT2D eigenvalue weighted by atomic mass is 35.5. The molecule has 2 rings (SSSR count). The molecule has 112 valence electrons. The molecule has 0 radical (unpaired) electrons. The van der Waals surface area contributed by atoms with E-state index < -0.39 is 0 Å². The summed E-state index contributed by atoms with van der Waals surface area (Å²) in [4.78, 5) is 0. The molecule has 2 unspecified atom stereocenters. The molecular weight excluding hydrogens is 270 g/mol. The molecular formula is C17H26ClNO. The van der Waals surface area contributed by atoms with Gasteiger partial charge in [-0.2, -0.15) is 0 Å². The molecule has 1 saturated heterocycles. The summed E-state index contributed by atoms with van der Waals surface area (Å²) in [5.74, 6) is 0. The Morgan fingerprint density at radius 2 is 2.10 bits per heavy atom. The molecule has 1 aliphatic rings. The summed E-state index contributed by atoms with van der Waals surface area (Å²) in [7, 11) is 2.04. The molecule has 0 spiro atoms. The minimum absolute atomic E-state index is 0.386. The van der Waals surface area contributed by atoms with Crippen LogP contribution in [0.25, 0.3) is 0 Å². The highest BCUT2D eigenvalue weighted by Gasteiger charge is 2.18. The molecule has 0 bridgehead atoms. The van der Waals surface area contributed by atoms with E-state index in [2.05, 4.69) is 31.3 Å². The van der Waals surface area contributed by atoms with E-state index in [0.29, 0.717) is 12.1 Å². The van der Waals surface area contributed by atoms with Gasteiger partial charge in [0, 0.05) is 17.7 Å². The van der Waals surface area contributed by atoms with Gasteiger partial charge in [0.2, 0.25) is 0 Å². The lowest BCUT2D eigenvalue weighted by atomic mass is 9.93. The second kappa shape index (κ2) is 7.44. The maximum atomic E-state index is 6.19. The van der Waals surface area contributed by atoms with E-state index in [1.807, 2.05) is 7.05 Å². The fraction of sp³-hybridized carbons (Fsp3) is 0.647. The molecule has 1 aromatic rings. The lowest BCUT2D eigenvalue weighted by Crippen LogP contribution is -2.23. The maximum absolute atomic E-state index is 6.19. The number of ether oxygens (including phenoxy) is 1. The minimum Gasteiger partial charge on any atom is -0.378 e. The van der Waals surface area contributed by atoms with Crippen molar-refractivity contribution in [2.75, 3.05) is 13.7 Å². The summed E-state index contributed by atoms with van der Waals surface area (Å²) in [5.41, 5.74) is 3.79. The van der Waals surface area contributed by atoms with Crippen LogP contribution >= 0.6 is 11.6 Å². The summed E-state index contributed by atoms with van der Waals surface area (Å²) < 4.78 is 5.83. The van der Waals surface area contributed by atoms with Crippen molar-refractivity contribution in [1.82, 2.24) is 5.32 Å². The number of benzene rings is 1. The molecule has 1 aromatic carbocycles. The summed E-state index contributed by atoms with van der Waals surface area (Å²) >= 11 is 6.19. The fourth-order valence-corrected chi connectivity index (χ4v) is 3.24. The Bertz CT molecular complexity index is 441. The molecule has 0 amide bonds. The zero-order valence-corrected chi connectivity index (χ0v) is 13.6. The molecule has 1 fully saturated rings. The van der Waals surface area contributed by atoms with Crippen LogP contribution in [-0.4, -0.2) is 19.8 Å². The third-order valence-corrected chi connectivity index (χ3v) is 4.73. The molecule has 1 aliphatic heterocycles. The first-order valence-electron chi connectivity index (χ1n) is 7.67. The van der Waals surface area contributed by atoms with Crippen LogP contribution in [0, 0.1) is 13.8 Å². The van der Waals surface area contributed by atoms with Crippen molar-refractivity contribution < 1.29 is 4.74 Å². The highest BCUT2D eigenvalue weighted by Crippen LogP contribution is 2.29. The second-order valence-electron chi connectivity index (χ2n) is 5.87. The van der Waals surface area contributed by atoms with Crippen LogP contribution in [0.1, 0.15) is 54.8 Å². The number of halogens is 1. The normalized spacial score (nSPS) is 20.9. The summed E-state index contributed by atoms with van der Waals surface area (Å²) in [6, 6.07) is 4.69. The molecule has 0 saturated carbocycles. The van der Waals surface area contributed by atoms with Gasteiger partial charge < -0.3 is 10.1 Å². The van der Waals surface area contributed by atoms with Crippen LogP contribution in [0.5, 0.6) is 0 Å². The Kier molecular flexibility index (Phi) is 5.88. The van der Waals surface area contributed by atoms with Crippen LogP contribution in [-0.2, 0) is 4.74 Å². The van der Waals surface area contributed by atoms with Gasteiger partial charge in [0.15, 0.2) is 0 Å². The molecule has 1 N–H and O–H groups in total. The molecule has 0 aromatic heterocycles. The van der Waals surface area contributed by atoms with Gasteiger partial charge in [-0.15, -0.1) is 0 Å². The molecule has 0 aliphatic carbocycles. The number of hydrogen-bond acceptors (Lipinski definition) is 2. The van der Waals surface area contributed by atoms with Crippen molar-refractivity contribution in [2.45, 2.75) is 58.1 Å². The molecule has 3 heteroatoms. The Morgan fingerprint density at radius 3 is 2.75 bits per heavy atom. The lowest BCUT2D eigenvalue weighted by molar-refractivity contribution is 0.00865. The lowest BCUT2D eigenvalue weighted by Gasteiger charge is -2.26. The van der Waals surface area contributed by atoms with Crippen molar-refractivity contribution >= 4 is 11.6 Å². The Balaban J connectivity index is 2.02. The average molecular weight is 296 g/mol. The SMILES string of the molecule is CNC(CCC1CCCCO1)c1cc(C)c(Cl)cc1C. The van der Waals surface area contributed by atoms with Gasteiger partial charge in [-0.3, -0.25) is 0 Å². The molecule has 20 heavy (non-hydrogen) atoms. The molecule has 1 heterocycles.